The van der Waals surface area contributed by atoms with Gasteiger partial charge in [-0.1, -0.05) is 0 Å². The number of aromatic nitrogens is 2. The van der Waals surface area contributed by atoms with Crippen molar-refractivity contribution in [3.8, 4) is 0 Å². The third-order valence-electron chi connectivity index (χ3n) is 4.22. The lowest BCUT2D eigenvalue weighted by molar-refractivity contribution is 0.0291. The number of nitrogens with zero attached hydrogens (tertiary/aromatic N) is 3. The molecular formula is C14H23N3O2. The van der Waals surface area contributed by atoms with Crippen molar-refractivity contribution in [2.75, 3.05) is 33.4 Å². The van der Waals surface area contributed by atoms with Crippen LogP contribution in [0.4, 0.5) is 0 Å². The van der Waals surface area contributed by atoms with Gasteiger partial charge in [0.15, 0.2) is 0 Å². The van der Waals surface area contributed by atoms with Crippen molar-refractivity contribution in [1.29, 1.82) is 0 Å². The van der Waals surface area contributed by atoms with Crippen molar-refractivity contribution in [3.63, 3.8) is 0 Å². The largest absolute Gasteiger partial charge is 0.381 e. The van der Waals surface area contributed by atoms with E-state index < -0.39 is 0 Å². The first-order valence-electron chi connectivity index (χ1n) is 7.18. The molecule has 0 aromatic carbocycles. The summed E-state index contributed by atoms with van der Waals surface area (Å²) in [5.41, 5.74) is 1.30. The van der Waals surface area contributed by atoms with E-state index >= 15 is 0 Å². The summed E-state index contributed by atoms with van der Waals surface area (Å²) in [7, 11) is 1.80. The zero-order valence-corrected chi connectivity index (χ0v) is 11.6. The number of fused-ring (bicyclic) bond motifs is 1. The zero-order chi connectivity index (χ0) is 13.1. The molecule has 0 amide bonds. The van der Waals surface area contributed by atoms with Crippen molar-refractivity contribution >= 4 is 0 Å². The van der Waals surface area contributed by atoms with E-state index in [1.807, 2.05) is 6.20 Å². The summed E-state index contributed by atoms with van der Waals surface area (Å²) < 4.78 is 13.1. The van der Waals surface area contributed by atoms with E-state index in [-0.39, 0.29) is 6.10 Å². The van der Waals surface area contributed by atoms with Gasteiger partial charge >= 0.3 is 0 Å². The highest BCUT2D eigenvalue weighted by molar-refractivity contribution is 5.02. The predicted molar refractivity (Wildman–Crippen MR) is 71.8 cm³/mol. The van der Waals surface area contributed by atoms with Gasteiger partial charge in [0.25, 0.3) is 0 Å². The van der Waals surface area contributed by atoms with Gasteiger partial charge in [0.2, 0.25) is 0 Å². The Hall–Kier alpha value is -0.910. The number of hydrogen-bond donors (Lipinski definition) is 0. The van der Waals surface area contributed by atoms with E-state index in [0.29, 0.717) is 0 Å². The maximum atomic E-state index is 5.59. The Morgan fingerprint density at radius 1 is 1.37 bits per heavy atom. The Labute approximate surface area is 114 Å². The fourth-order valence-electron chi connectivity index (χ4n) is 3.07. The molecule has 1 aromatic rings. The minimum Gasteiger partial charge on any atom is -0.381 e. The molecule has 106 valence electrons. The molecule has 3 heterocycles. The second-order valence-corrected chi connectivity index (χ2v) is 5.61. The van der Waals surface area contributed by atoms with Crippen LogP contribution in [0.25, 0.3) is 0 Å². The Bertz CT molecular complexity index is 401. The summed E-state index contributed by atoms with van der Waals surface area (Å²) in [6, 6.07) is 2.12. The maximum absolute atomic E-state index is 5.59. The van der Waals surface area contributed by atoms with Gasteiger partial charge in [0.05, 0.1) is 18.3 Å². The van der Waals surface area contributed by atoms with Gasteiger partial charge in [-0.2, -0.15) is 5.10 Å². The first-order valence-corrected chi connectivity index (χ1v) is 7.18. The van der Waals surface area contributed by atoms with E-state index in [4.69, 9.17) is 9.47 Å². The molecule has 5 nitrogen and oxygen atoms in total. The predicted octanol–water partition coefficient (Wildman–Crippen LogP) is 1.14. The molecule has 19 heavy (non-hydrogen) atoms. The topological polar surface area (TPSA) is 39.5 Å². The third-order valence-corrected chi connectivity index (χ3v) is 4.22. The highest BCUT2D eigenvalue weighted by Crippen LogP contribution is 2.20. The number of hydrogen-bond acceptors (Lipinski definition) is 4. The molecule has 2 aliphatic rings. The molecular weight excluding hydrogens is 242 g/mol. The number of methoxy groups -OCH3 is 1. The van der Waals surface area contributed by atoms with Crippen molar-refractivity contribution in [2.45, 2.75) is 32.0 Å². The molecule has 3 rings (SSSR count). The average Bonchev–Trinajstić information content (AvgIpc) is 2.79. The lowest BCUT2D eigenvalue weighted by Gasteiger charge is -2.29. The molecule has 5 heteroatoms. The SMILES string of the molecule is CO[C@@H]1CN(CC2CCOCC2)Cc2ccnn2C1. The summed E-state index contributed by atoms with van der Waals surface area (Å²) in [6.45, 7) is 5.83. The second kappa shape index (κ2) is 6.03. The Kier molecular flexibility index (Phi) is 4.15. The monoisotopic (exact) mass is 265 g/mol. The quantitative estimate of drug-likeness (QED) is 0.821. The van der Waals surface area contributed by atoms with E-state index in [1.54, 1.807) is 7.11 Å². The summed E-state index contributed by atoms with van der Waals surface area (Å²) in [5.74, 6) is 0.765. The van der Waals surface area contributed by atoms with Crippen LogP contribution in [0, 0.1) is 5.92 Å². The first-order chi connectivity index (χ1) is 9.35. The standard InChI is InChI=1S/C14H23N3O2/c1-18-14-10-16(8-12-3-6-19-7-4-12)9-13-2-5-15-17(13)11-14/h2,5,12,14H,3-4,6-11H2,1H3/t14-/m1/s1. The Morgan fingerprint density at radius 3 is 3.00 bits per heavy atom. The summed E-state index contributed by atoms with van der Waals surface area (Å²) in [4.78, 5) is 2.52. The average molecular weight is 265 g/mol. The van der Waals surface area contributed by atoms with Gasteiger partial charge in [-0.3, -0.25) is 9.58 Å². The minimum absolute atomic E-state index is 0.237. The molecule has 0 saturated carbocycles. The van der Waals surface area contributed by atoms with Crippen LogP contribution in [0.2, 0.25) is 0 Å². The van der Waals surface area contributed by atoms with E-state index in [1.165, 1.54) is 18.5 Å². The Balaban J connectivity index is 1.67. The summed E-state index contributed by atoms with van der Waals surface area (Å²) >= 11 is 0. The summed E-state index contributed by atoms with van der Waals surface area (Å²) in [5, 5.41) is 4.39. The van der Waals surface area contributed by atoms with Gasteiger partial charge in [-0.15, -0.1) is 0 Å². The number of ether oxygens (including phenoxy) is 2. The normalized spacial score (nSPS) is 26.1. The molecule has 0 aliphatic carbocycles. The molecule has 2 aliphatic heterocycles. The van der Waals surface area contributed by atoms with Crippen LogP contribution < -0.4 is 0 Å². The fraction of sp³-hybridized carbons (Fsp3) is 0.786. The number of rotatable bonds is 3. The van der Waals surface area contributed by atoms with Gasteiger partial charge in [0.1, 0.15) is 0 Å². The minimum atomic E-state index is 0.237. The molecule has 1 saturated heterocycles. The van der Waals surface area contributed by atoms with Crippen LogP contribution in [-0.4, -0.2) is 54.2 Å². The Morgan fingerprint density at radius 2 is 2.21 bits per heavy atom. The van der Waals surface area contributed by atoms with Crippen LogP contribution in [-0.2, 0) is 22.6 Å². The molecule has 0 bridgehead atoms. The van der Waals surface area contributed by atoms with E-state index in [0.717, 1.165) is 45.3 Å². The van der Waals surface area contributed by atoms with Crippen LogP contribution in [0.5, 0.6) is 0 Å². The van der Waals surface area contributed by atoms with Gasteiger partial charge in [-0.25, -0.2) is 0 Å². The highest BCUT2D eigenvalue weighted by atomic mass is 16.5. The van der Waals surface area contributed by atoms with Crippen molar-refractivity contribution in [2.24, 2.45) is 5.92 Å². The zero-order valence-electron chi connectivity index (χ0n) is 11.6. The first kappa shape index (κ1) is 13.1. The second-order valence-electron chi connectivity index (χ2n) is 5.61. The molecule has 1 atom stereocenters. The van der Waals surface area contributed by atoms with Crippen molar-refractivity contribution < 1.29 is 9.47 Å². The molecule has 0 spiro atoms. The van der Waals surface area contributed by atoms with Crippen LogP contribution in [0.1, 0.15) is 18.5 Å². The molecule has 0 radical (unpaired) electrons. The molecule has 0 unspecified atom stereocenters. The fourth-order valence-corrected chi connectivity index (χ4v) is 3.07. The van der Waals surface area contributed by atoms with Crippen LogP contribution >= 0.6 is 0 Å². The molecule has 1 fully saturated rings. The van der Waals surface area contributed by atoms with Gasteiger partial charge in [-0.05, 0) is 24.8 Å². The highest BCUT2D eigenvalue weighted by Gasteiger charge is 2.24. The lowest BCUT2D eigenvalue weighted by Crippen LogP contribution is -2.37. The van der Waals surface area contributed by atoms with Crippen molar-refractivity contribution in [3.05, 3.63) is 18.0 Å². The van der Waals surface area contributed by atoms with Gasteiger partial charge < -0.3 is 9.47 Å². The maximum Gasteiger partial charge on any atom is 0.0893 e. The van der Waals surface area contributed by atoms with Crippen LogP contribution in [0.3, 0.4) is 0 Å². The third kappa shape index (κ3) is 3.16. The van der Waals surface area contributed by atoms with Gasteiger partial charge in [0, 0.05) is 46.2 Å². The van der Waals surface area contributed by atoms with E-state index in [2.05, 4.69) is 20.7 Å². The molecule has 1 aromatic heterocycles. The summed E-state index contributed by atoms with van der Waals surface area (Å²) in [6.07, 6.45) is 4.50. The molecule has 0 N–H and O–H groups in total. The van der Waals surface area contributed by atoms with Crippen molar-refractivity contribution in [1.82, 2.24) is 14.7 Å². The van der Waals surface area contributed by atoms with Crippen LogP contribution in [0.15, 0.2) is 12.3 Å². The lowest BCUT2D eigenvalue weighted by atomic mass is 9.99. The smallest absolute Gasteiger partial charge is 0.0893 e. The van der Waals surface area contributed by atoms with E-state index in [9.17, 15) is 0 Å².